The van der Waals surface area contributed by atoms with Crippen molar-refractivity contribution in [3.8, 4) is 0 Å². The molecule has 0 aromatic heterocycles. The van der Waals surface area contributed by atoms with Gasteiger partial charge in [-0.25, -0.2) is 9.59 Å². The lowest BCUT2D eigenvalue weighted by Gasteiger charge is -2.13. The molecule has 0 spiro atoms. The maximum absolute atomic E-state index is 11.0. The van der Waals surface area contributed by atoms with E-state index in [0.717, 1.165) is 32.8 Å². The minimum atomic E-state index is -0.930. The Kier molecular flexibility index (Phi) is 7.68. The van der Waals surface area contributed by atoms with Crippen LogP contribution in [0.3, 0.4) is 0 Å². The quantitative estimate of drug-likeness (QED) is 0.503. The maximum atomic E-state index is 11.0. The van der Waals surface area contributed by atoms with Crippen molar-refractivity contribution in [2.45, 2.75) is 39.5 Å². The lowest BCUT2D eigenvalue weighted by atomic mass is 10.0. The van der Waals surface area contributed by atoms with Gasteiger partial charge in [-0.05, 0) is 12.3 Å². The van der Waals surface area contributed by atoms with Crippen LogP contribution in [0.1, 0.15) is 39.5 Å². The lowest BCUT2D eigenvalue weighted by Crippen LogP contribution is -2.22. The molecule has 0 aliphatic carbocycles. The molecule has 0 radical (unpaired) electrons. The van der Waals surface area contributed by atoms with E-state index in [9.17, 15) is 9.59 Å². The molecule has 0 aliphatic rings. The monoisotopic (exact) mass is 216 g/mol. The Morgan fingerprint density at radius 3 is 2.33 bits per heavy atom. The maximum Gasteiger partial charge on any atom is 0.417 e. The fraction of sp³-hybridized carbons (Fsp3) is 0.818. The molecule has 0 saturated heterocycles. The number of hydrogen-bond donors (Lipinski definition) is 0. The van der Waals surface area contributed by atoms with Crippen molar-refractivity contribution in [2.24, 2.45) is 5.92 Å². The van der Waals surface area contributed by atoms with Crippen LogP contribution in [0.5, 0.6) is 0 Å². The standard InChI is InChI=1S/C11H20O4/c1-4-6-7-9(5-2)8-15-11(13)10(12)14-3/h9H,4-8H2,1-3H3. The molecule has 15 heavy (non-hydrogen) atoms. The largest absolute Gasteiger partial charge is 0.461 e. The summed E-state index contributed by atoms with van der Waals surface area (Å²) in [7, 11) is 1.16. The van der Waals surface area contributed by atoms with Crippen molar-refractivity contribution < 1.29 is 19.1 Å². The van der Waals surface area contributed by atoms with Crippen LogP contribution in [0.4, 0.5) is 0 Å². The molecule has 4 nitrogen and oxygen atoms in total. The second kappa shape index (κ2) is 8.26. The summed E-state index contributed by atoms with van der Waals surface area (Å²) in [5.41, 5.74) is 0. The molecule has 0 aliphatic heterocycles. The SMILES string of the molecule is CCCCC(CC)COC(=O)C(=O)OC. The fourth-order valence-corrected chi connectivity index (χ4v) is 1.23. The Morgan fingerprint density at radius 2 is 1.87 bits per heavy atom. The van der Waals surface area contributed by atoms with Gasteiger partial charge in [0.25, 0.3) is 0 Å². The third-order valence-corrected chi connectivity index (χ3v) is 2.35. The van der Waals surface area contributed by atoms with Crippen molar-refractivity contribution in [1.29, 1.82) is 0 Å². The van der Waals surface area contributed by atoms with Gasteiger partial charge in [-0.3, -0.25) is 0 Å². The number of methoxy groups -OCH3 is 1. The van der Waals surface area contributed by atoms with E-state index in [1.165, 1.54) is 0 Å². The molecule has 4 heteroatoms. The Morgan fingerprint density at radius 1 is 1.20 bits per heavy atom. The van der Waals surface area contributed by atoms with E-state index in [2.05, 4.69) is 11.7 Å². The zero-order chi connectivity index (χ0) is 11.7. The number of esters is 2. The van der Waals surface area contributed by atoms with E-state index in [4.69, 9.17) is 4.74 Å². The molecule has 0 aromatic rings. The predicted octanol–water partition coefficient (Wildman–Crippen LogP) is 1.92. The summed E-state index contributed by atoms with van der Waals surface area (Å²) < 4.78 is 9.08. The molecule has 0 bridgehead atoms. The van der Waals surface area contributed by atoms with E-state index in [1.54, 1.807) is 0 Å². The van der Waals surface area contributed by atoms with Crippen molar-refractivity contribution in [1.82, 2.24) is 0 Å². The minimum absolute atomic E-state index is 0.310. The minimum Gasteiger partial charge on any atom is -0.461 e. The highest BCUT2D eigenvalue weighted by Crippen LogP contribution is 2.12. The van der Waals surface area contributed by atoms with Crippen molar-refractivity contribution in [2.75, 3.05) is 13.7 Å². The Bertz CT molecular complexity index is 201. The van der Waals surface area contributed by atoms with Crippen LogP contribution in [0.15, 0.2) is 0 Å². The third kappa shape index (κ3) is 6.10. The topological polar surface area (TPSA) is 52.6 Å². The molecule has 1 unspecified atom stereocenters. The molecule has 0 heterocycles. The first-order valence-corrected chi connectivity index (χ1v) is 5.40. The van der Waals surface area contributed by atoms with E-state index >= 15 is 0 Å². The molecule has 88 valence electrons. The second-order valence-electron chi connectivity index (χ2n) is 3.51. The molecule has 0 fully saturated rings. The van der Waals surface area contributed by atoms with E-state index in [-0.39, 0.29) is 0 Å². The lowest BCUT2D eigenvalue weighted by molar-refractivity contribution is -0.166. The molecular weight excluding hydrogens is 196 g/mol. The first-order chi connectivity index (χ1) is 7.15. The van der Waals surface area contributed by atoms with Crippen LogP contribution >= 0.6 is 0 Å². The number of rotatable bonds is 6. The molecule has 0 N–H and O–H groups in total. The van der Waals surface area contributed by atoms with E-state index < -0.39 is 11.9 Å². The van der Waals surface area contributed by atoms with Crippen LogP contribution in [-0.4, -0.2) is 25.7 Å². The van der Waals surface area contributed by atoms with Crippen LogP contribution in [0.25, 0.3) is 0 Å². The van der Waals surface area contributed by atoms with Gasteiger partial charge < -0.3 is 9.47 Å². The summed E-state index contributed by atoms with van der Waals surface area (Å²) in [5.74, 6) is -1.48. The fourth-order valence-electron chi connectivity index (χ4n) is 1.23. The van der Waals surface area contributed by atoms with Crippen LogP contribution in [-0.2, 0) is 19.1 Å². The molecular formula is C11H20O4. The third-order valence-electron chi connectivity index (χ3n) is 2.35. The van der Waals surface area contributed by atoms with E-state index in [1.807, 2.05) is 6.92 Å². The zero-order valence-corrected chi connectivity index (χ0v) is 9.75. The van der Waals surface area contributed by atoms with E-state index in [0.29, 0.717) is 12.5 Å². The van der Waals surface area contributed by atoms with Gasteiger partial charge in [-0.2, -0.15) is 0 Å². The number of carbonyl (C=O) groups is 2. The molecule has 0 amide bonds. The molecule has 0 saturated carbocycles. The second-order valence-corrected chi connectivity index (χ2v) is 3.51. The summed E-state index contributed by atoms with van der Waals surface area (Å²) in [4.78, 5) is 21.7. The highest BCUT2D eigenvalue weighted by molar-refractivity contribution is 6.29. The van der Waals surface area contributed by atoms with Crippen molar-refractivity contribution in [3.63, 3.8) is 0 Å². The van der Waals surface area contributed by atoms with Gasteiger partial charge in [-0.1, -0.05) is 33.1 Å². The zero-order valence-electron chi connectivity index (χ0n) is 9.75. The summed E-state index contributed by atoms with van der Waals surface area (Å²) in [6.45, 7) is 4.48. The molecule has 0 rings (SSSR count). The summed E-state index contributed by atoms with van der Waals surface area (Å²) >= 11 is 0. The van der Waals surface area contributed by atoms with Crippen LogP contribution in [0.2, 0.25) is 0 Å². The van der Waals surface area contributed by atoms with Crippen LogP contribution in [0, 0.1) is 5.92 Å². The number of hydrogen-bond acceptors (Lipinski definition) is 4. The van der Waals surface area contributed by atoms with Crippen LogP contribution < -0.4 is 0 Å². The highest BCUT2D eigenvalue weighted by atomic mass is 16.6. The average Bonchev–Trinajstić information content (AvgIpc) is 2.27. The Labute approximate surface area is 90.9 Å². The van der Waals surface area contributed by atoms with Gasteiger partial charge in [0.05, 0.1) is 13.7 Å². The van der Waals surface area contributed by atoms with Crippen molar-refractivity contribution in [3.05, 3.63) is 0 Å². The number of ether oxygens (including phenoxy) is 2. The Hall–Kier alpha value is -1.06. The van der Waals surface area contributed by atoms with Gasteiger partial charge in [0.1, 0.15) is 0 Å². The molecule has 1 atom stereocenters. The molecule has 0 aromatic carbocycles. The first kappa shape index (κ1) is 13.9. The van der Waals surface area contributed by atoms with Crippen molar-refractivity contribution >= 4 is 11.9 Å². The summed E-state index contributed by atoms with van der Waals surface area (Å²) in [6.07, 6.45) is 4.23. The normalized spacial score (nSPS) is 11.9. The number of carbonyl (C=O) groups excluding carboxylic acids is 2. The first-order valence-electron chi connectivity index (χ1n) is 5.40. The highest BCUT2D eigenvalue weighted by Gasteiger charge is 2.17. The van der Waals surface area contributed by atoms with Gasteiger partial charge in [0.15, 0.2) is 0 Å². The van der Waals surface area contributed by atoms with Gasteiger partial charge >= 0.3 is 11.9 Å². The van der Waals surface area contributed by atoms with Gasteiger partial charge in [-0.15, -0.1) is 0 Å². The Balaban J connectivity index is 3.79. The van der Waals surface area contributed by atoms with Gasteiger partial charge in [0.2, 0.25) is 0 Å². The predicted molar refractivity (Wildman–Crippen MR) is 56.3 cm³/mol. The summed E-state index contributed by atoms with van der Waals surface area (Å²) in [5, 5.41) is 0. The smallest absolute Gasteiger partial charge is 0.417 e. The average molecular weight is 216 g/mol. The van der Waals surface area contributed by atoms with Gasteiger partial charge in [0, 0.05) is 0 Å². The number of unbranched alkanes of at least 4 members (excludes halogenated alkanes) is 1. The summed E-state index contributed by atoms with van der Waals surface area (Å²) in [6, 6.07) is 0.